The molecule has 1 saturated carbocycles. The SMILES string of the molecule is O=C(N[C@H]1C[C@@H](c2cccc(F)c2F)CN(CC2CCC2)C1=O)c1cnc2c(c1)C[C@@]1(C2)C(=O)Nc2ncccc21. The quantitative estimate of drug-likeness (QED) is 0.499. The molecule has 0 unspecified atom stereocenters. The third-order valence-corrected chi connectivity index (χ3v) is 9.27. The number of nitrogens with one attached hydrogen (secondary N) is 2. The van der Waals surface area contributed by atoms with Crippen LogP contribution in [0.25, 0.3) is 0 Å². The van der Waals surface area contributed by atoms with Gasteiger partial charge < -0.3 is 15.5 Å². The Bertz CT molecular complexity index is 1590. The zero-order valence-electron chi connectivity index (χ0n) is 22.3. The standard InChI is InChI=1S/C31H29F2N5O3/c32-23-8-2-6-21(26(23)33)20-11-24(29(40)38(16-20)15-17-4-1-5-17)36-28(39)19-10-18-12-31(13-25(18)35-14-19)22-7-3-9-34-27(22)37-30(31)41/h2-3,6-10,14,17,20,24H,1,4-5,11-13,15-16H2,(H,36,39)(H,34,37,41)/t20-,24+,31+/m1/s1. The Hall–Kier alpha value is -4.21. The third-order valence-electron chi connectivity index (χ3n) is 9.27. The molecular weight excluding hydrogens is 528 g/mol. The van der Waals surface area contributed by atoms with E-state index in [9.17, 15) is 23.2 Å². The molecular formula is C31H29F2N5O3. The van der Waals surface area contributed by atoms with Crippen molar-refractivity contribution in [3.05, 3.63) is 88.4 Å². The molecule has 3 aromatic rings. The van der Waals surface area contributed by atoms with Crippen molar-refractivity contribution in [2.45, 2.75) is 55.9 Å². The molecule has 0 radical (unpaired) electrons. The maximum atomic E-state index is 14.8. The molecule has 3 amide bonds. The lowest BCUT2D eigenvalue weighted by Gasteiger charge is -2.41. The minimum atomic E-state index is -0.929. The van der Waals surface area contributed by atoms with Gasteiger partial charge in [0.1, 0.15) is 11.9 Å². The molecule has 2 aliphatic heterocycles. The van der Waals surface area contributed by atoms with Gasteiger partial charge >= 0.3 is 0 Å². The van der Waals surface area contributed by atoms with Crippen LogP contribution < -0.4 is 10.6 Å². The van der Waals surface area contributed by atoms with Gasteiger partial charge in [0.2, 0.25) is 11.8 Å². The van der Waals surface area contributed by atoms with Crippen molar-refractivity contribution in [2.24, 2.45) is 5.92 Å². The summed E-state index contributed by atoms with van der Waals surface area (Å²) in [5, 5.41) is 5.72. The summed E-state index contributed by atoms with van der Waals surface area (Å²) in [5.74, 6) is -2.18. The number of carbonyl (C=O) groups excluding carboxylic acids is 3. The lowest BCUT2D eigenvalue weighted by atomic mass is 9.80. The van der Waals surface area contributed by atoms with Crippen LogP contribution in [0.4, 0.5) is 14.6 Å². The molecule has 2 aliphatic carbocycles. The van der Waals surface area contributed by atoms with Crippen LogP contribution in [0.3, 0.4) is 0 Å². The van der Waals surface area contributed by atoms with Gasteiger partial charge in [0.25, 0.3) is 5.91 Å². The van der Waals surface area contributed by atoms with E-state index in [1.54, 1.807) is 29.3 Å². The maximum Gasteiger partial charge on any atom is 0.253 e. The average molecular weight is 558 g/mol. The van der Waals surface area contributed by atoms with Gasteiger partial charge in [-0.25, -0.2) is 13.8 Å². The van der Waals surface area contributed by atoms with Crippen LogP contribution in [0, 0.1) is 17.6 Å². The molecule has 2 fully saturated rings. The Morgan fingerprint density at radius 2 is 1.98 bits per heavy atom. The molecule has 3 atom stereocenters. The summed E-state index contributed by atoms with van der Waals surface area (Å²) in [6, 6.07) is 8.63. The monoisotopic (exact) mass is 557 g/mol. The number of carbonyl (C=O) groups is 3. The van der Waals surface area contributed by atoms with Crippen molar-refractivity contribution in [2.75, 3.05) is 18.4 Å². The van der Waals surface area contributed by atoms with E-state index in [-0.39, 0.29) is 35.9 Å². The van der Waals surface area contributed by atoms with E-state index in [4.69, 9.17) is 0 Å². The van der Waals surface area contributed by atoms with E-state index in [1.165, 1.54) is 12.3 Å². The molecule has 8 nitrogen and oxygen atoms in total. The first kappa shape index (κ1) is 25.7. The number of pyridine rings is 2. The number of nitrogens with zero attached hydrogens (tertiary/aromatic N) is 3. The highest BCUT2D eigenvalue weighted by Crippen LogP contribution is 2.46. The Labute approximate surface area is 235 Å². The van der Waals surface area contributed by atoms with Crippen LogP contribution >= 0.6 is 0 Å². The lowest BCUT2D eigenvalue weighted by Crippen LogP contribution is -2.55. The van der Waals surface area contributed by atoms with Gasteiger partial charge in [-0.05, 0) is 60.9 Å². The van der Waals surface area contributed by atoms with Crippen LogP contribution in [0.2, 0.25) is 0 Å². The summed E-state index contributed by atoms with van der Waals surface area (Å²) in [5.41, 5.74) is 2.05. The number of amides is 3. The Kier molecular flexibility index (Phi) is 6.10. The largest absolute Gasteiger partial charge is 0.340 e. The number of halogens is 2. The predicted molar refractivity (Wildman–Crippen MR) is 145 cm³/mol. The van der Waals surface area contributed by atoms with Crippen molar-refractivity contribution in [1.82, 2.24) is 20.2 Å². The van der Waals surface area contributed by atoms with Gasteiger partial charge in [0, 0.05) is 49.1 Å². The second-order valence-electron chi connectivity index (χ2n) is 11.8. The van der Waals surface area contributed by atoms with E-state index >= 15 is 0 Å². The Balaban J connectivity index is 1.12. The van der Waals surface area contributed by atoms with Gasteiger partial charge in [-0.3, -0.25) is 19.4 Å². The van der Waals surface area contributed by atoms with Crippen LogP contribution in [-0.2, 0) is 27.8 Å². The highest BCUT2D eigenvalue weighted by atomic mass is 19.2. The molecule has 1 spiro atoms. The van der Waals surface area contributed by atoms with Crippen LogP contribution in [0.15, 0.2) is 48.8 Å². The maximum absolute atomic E-state index is 14.8. The normalized spacial score (nSPS) is 25.1. The molecule has 1 aromatic carbocycles. The predicted octanol–water partition coefficient (Wildman–Crippen LogP) is 3.66. The fourth-order valence-electron chi connectivity index (χ4n) is 6.85. The molecule has 210 valence electrons. The molecule has 4 aliphatic rings. The van der Waals surface area contributed by atoms with Gasteiger partial charge in [-0.1, -0.05) is 24.6 Å². The van der Waals surface area contributed by atoms with Crippen LogP contribution in [0.5, 0.6) is 0 Å². The lowest BCUT2D eigenvalue weighted by molar-refractivity contribution is -0.137. The summed E-state index contributed by atoms with van der Waals surface area (Å²) in [6.45, 7) is 0.822. The molecule has 2 aromatic heterocycles. The highest BCUT2D eigenvalue weighted by molar-refractivity contribution is 6.06. The van der Waals surface area contributed by atoms with E-state index in [0.717, 1.165) is 42.1 Å². The molecule has 10 heteroatoms. The topological polar surface area (TPSA) is 104 Å². The summed E-state index contributed by atoms with van der Waals surface area (Å²) < 4.78 is 28.8. The van der Waals surface area contributed by atoms with E-state index in [1.807, 2.05) is 6.07 Å². The molecule has 7 rings (SSSR count). The first-order valence-corrected chi connectivity index (χ1v) is 14.1. The summed E-state index contributed by atoms with van der Waals surface area (Å²) >= 11 is 0. The van der Waals surface area contributed by atoms with Crippen molar-refractivity contribution in [1.29, 1.82) is 0 Å². The minimum absolute atomic E-state index is 0.134. The molecule has 2 N–H and O–H groups in total. The smallest absolute Gasteiger partial charge is 0.253 e. The zero-order valence-corrected chi connectivity index (χ0v) is 22.3. The van der Waals surface area contributed by atoms with E-state index in [0.29, 0.717) is 31.1 Å². The number of likely N-dealkylation sites (tertiary alicyclic amines) is 1. The number of benzene rings is 1. The van der Waals surface area contributed by atoms with Gasteiger partial charge in [-0.2, -0.15) is 0 Å². The number of rotatable bonds is 5. The number of anilines is 1. The number of hydrogen-bond donors (Lipinski definition) is 2. The molecule has 4 heterocycles. The average Bonchev–Trinajstić information content (AvgIpc) is 3.46. The fraction of sp³-hybridized carbons (Fsp3) is 0.387. The molecule has 41 heavy (non-hydrogen) atoms. The molecule has 1 saturated heterocycles. The van der Waals surface area contributed by atoms with Crippen molar-refractivity contribution >= 4 is 23.5 Å². The summed E-state index contributed by atoms with van der Waals surface area (Å²) in [4.78, 5) is 50.5. The first-order valence-electron chi connectivity index (χ1n) is 14.1. The fourth-order valence-corrected chi connectivity index (χ4v) is 6.85. The third kappa shape index (κ3) is 4.27. The number of fused-ring (bicyclic) bond motifs is 3. The zero-order chi connectivity index (χ0) is 28.3. The summed E-state index contributed by atoms with van der Waals surface area (Å²) in [7, 11) is 0. The first-order chi connectivity index (χ1) is 19.8. The highest BCUT2D eigenvalue weighted by Gasteiger charge is 2.51. The van der Waals surface area contributed by atoms with Gasteiger partial charge in [0.05, 0.1) is 11.0 Å². The Morgan fingerprint density at radius 1 is 1.12 bits per heavy atom. The van der Waals surface area contributed by atoms with Gasteiger partial charge in [-0.15, -0.1) is 0 Å². The molecule has 0 bridgehead atoms. The van der Waals surface area contributed by atoms with Crippen LogP contribution in [0.1, 0.15) is 64.3 Å². The van der Waals surface area contributed by atoms with E-state index in [2.05, 4.69) is 20.6 Å². The van der Waals surface area contributed by atoms with Crippen molar-refractivity contribution in [3.63, 3.8) is 0 Å². The second-order valence-corrected chi connectivity index (χ2v) is 11.8. The number of hydrogen-bond acceptors (Lipinski definition) is 5. The van der Waals surface area contributed by atoms with Crippen molar-refractivity contribution < 1.29 is 23.2 Å². The number of aromatic nitrogens is 2. The second kappa shape index (κ2) is 9.71. The number of piperidine rings is 1. The van der Waals surface area contributed by atoms with E-state index < -0.39 is 34.9 Å². The minimum Gasteiger partial charge on any atom is -0.340 e. The van der Waals surface area contributed by atoms with Crippen LogP contribution in [-0.4, -0.2) is 51.7 Å². The Morgan fingerprint density at radius 3 is 2.78 bits per heavy atom. The summed E-state index contributed by atoms with van der Waals surface area (Å²) in [6.07, 6.45) is 7.23. The van der Waals surface area contributed by atoms with Gasteiger partial charge in [0.15, 0.2) is 11.6 Å². The van der Waals surface area contributed by atoms with Crippen molar-refractivity contribution in [3.8, 4) is 0 Å².